The Hall–Kier alpha value is -1.80. The summed E-state index contributed by atoms with van der Waals surface area (Å²) >= 11 is 0. The standard InChI is InChI=1S/C35H49FN2O2/c1-29(2)11-13-35(21-38-18-23(36)19-38)14-12-33(7)27(34(35,8)20-29)24(39)15-26-31(5)16-22(17-37)28(40)30(3,4)25(31)9-10-32(26,33)6/h15-16,23,25,27H,9-14,18-21H2,1-8H3/t25?,27-,31-,32+,33+,34-,35+/m0/s1. The molecule has 6 rings (SSSR count). The van der Waals surface area contributed by atoms with E-state index in [9.17, 15) is 19.2 Å². The van der Waals surface area contributed by atoms with Crippen LogP contribution < -0.4 is 0 Å². The maximum atomic E-state index is 14.8. The number of alkyl halides is 1. The van der Waals surface area contributed by atoms with E-state index in [0.717, 1.165) is 57.1 Å². The van der Waals surface area contributed by atoms with E-state index in [1.54, 1.807) is 0 Å². The molecule has 5 aliphatic carbocycles. The Balaban J connectivity index is 1.51. The lowest BCUT2D eigenvalue weighted by Gasteiger charge is -2.73. The number of nitrogens with zero attached hydrogens (tertiary/aromatic N) is 2. The van der Waals surface area contributed by atoms with Crippen molar-refractivity contribution in [2.24, 2.45) is 49.7 Å². The number of carbonyl (C=O) groups excluding carboxylic acids is 2. The Labute approximate surface area is 240 Å². The van der Waals surface area contributed by atoms with Crippen LogP contribution in [0.5, 0.6) is 0 Å². The van der Waals surface area contributed by atoms with Gasteiger partial charge >= 0.3 is 0 Å². The quantitative estimate of drug-likeness (QED) is 0.365. The lowest BCUT2D eigenvalue weighted by molar-refractivity contribution is -0.214. The van der Waals surface area contributed by atoms with E-state index in [1.807, 2.05) is 26.0 Å². The van der Waals surface area contributed by atoms with Gasteiger partial charge in [-0.1, -0.05) is 67.0 Å². The molecule has 4 fully saturated rings. The second-order valence-electron chi connectivity index (χ2n) is 17.1. The van der Waals surface area contributed by atoms with E-state index in [0.29, 0.717) is 13.1 Å². The highest BCUT2D eigenvalue weighted by molar-refractivity contribution is 6.04. The molecule has 218 valence electrons. The Kier molecular flexibility index (Phi) is 5.79. The van der Waals surface area contributed by atoms with Crippen LogP contribution in [0.3, 0.4) is 0 Å². The fraction of sp³-hybridized carbons (Fsp3) is 0.800. The fourth-order valence-electron chi connectivity index (χ4n) is 11.9. The predicted molar refractivity (Wildman–Crippen MR) is 155 cm³/mol. The molecule has 0 spiro atoms. The SMILES string of the molecule is CC1(C)CC[C@]2(CN3CC(F)C3)CC[C@]3(C)[C@H](C(=O)C=C4[C@@]5(C)C=C(C#N)C(=O)C(C)(C)C5CC[C@]43C)[C@]2(C)C1. The van der Waals surface area contributed by atoms with Crippen molar-refractivity contribution in [3.05, 3.63) is 23.3 Å². The highest BCUT2D eigenvalue weighted by Crippen LogP contribution is 2.77. The maximum Gasteiger partial charge on any atom is 0.178 e. The normalized spacial score (nSPS) is 47.9. The molecule has 0 bridgehead atoms. The number of Topliss-reactive ketones (excluding diaryl/α,β-unsaturated/α-hetero) is 1. The molecular weight excluding hydrogens is 499 g/mol. The highest BCUT2D eigenvalue weighted by Gasteiger charge is 2.73. The maximum absolute atomic E-state index is 14.8. The van der Waals surface area contributed by atoms with Gasteiger partial charge < -0.3 is 0 Å². The second-order valence-corrected chi connectivity index (χ2v) is 17.1. The summed E-state index contributed by atoms with van der Waals surface area (Å²) in [7, 11) is 0. The van der Waals surface area contributed by atoms with Crippen LogP contribution in [-0.2, 0) is 9.59 Å². The average Bonchev–Trinajstić information content (AvgIpc) is 2.82. The van der Waals surface area contributed by atoms with Crippen LogP contribution in [0.4, 0.5) is 4.39 Å². The molecule has 1 heterocycles. The van der Waals surface area contributed by atoms with Gasteiger partial charge in [0.1, 0.15) is 12.2 Å². The minimum absolute atomic E-state index is 0.0123. The Morgan fingerprint density at radius 3 is 2.23 bits per heavy atom. The van der Waals surface area contributed by atoms with E-state index < -0.39 is 17.0 Å². The van der Waals surface area contributed by atoms with Crippen molar-refractivity contribution < 1.29 is 14.0 Å². The van der Waals surface area contributed by atoms with Gasteiger partial charge in [0.25, 0.3) is 0 Å². The van der Waals surface area contributed by atoms with Gasteiger partial charge in [-0.2, -0.15) is 5.26 Å². The average molecular weight is 549 g/mol. The predicted octanol–water partition coefficient (Wildman–Crippen LogP) is 7.25. The summed E-state index contributed by atoms with van der Waals surface area (Å²) in [5.74, 6) is 0.148. The van der Waals surface area contributed by atoms with Crippen molar-refractivity contribution in [2.45, 2.75) is 107 Å². The molecule has 1 aliphatic heterocycles. The molecule has 4 nitrogen and oxygen atoms in total. The van der Waals surface area contributed by atoms with Gasteiger partial charge in [0.05, 0.1) is 5.57 Å². The number of fused-ring (bicyclic) bond motifs is 7. The van der Waals surface area contributed by atoms with Gasteiger partial charge in [0, 0.05) is 36.4 Å². The van der Waals surface area contributed by atoms with Gasteiger partial charge in [-0.05, 0) is 84.0 Å². The number of ketones is 2. The molecule has 7 atom stereocenters. The van der Waals surface area contributed by atoms with Crippen LogP contribution >= 0.6 is 0 Å². The minimum Gasteiger partial charge on any atom is -0.297 e. The third kappa shape index (κ3) is 3.32. The number of likely N-dealkylation sites (tertiary alicyclic amines) is 1. The van der Waals surface area contributed by atoms with Gasteiger partial charge in [-0.15, -0.1) is 0 Å². The molecular formula is C35H49FN2O2. The Morgan fingerprint density at radius 1 is 0.950 bits per heavy atom. The summed E-state index contributed by atoms with van der Waals surface area (Å²) in [6.45, 7) is 20.1. The van der Waals surface area contributed by atoms with Crippen LogP contribution in [0.15, 0.2) is 23.3 Å². The van der Waals surface area contributed by atoms with Crippen LogP contribution in [0.2, 0.25) is 0 Å². The van der Waals surface area contributed by atoms with E-state index in [1.165, 1.54) is 0 Å². The lowest BCUT2D eigenvalue weighted by Crippen LogP contribution is -2.70. The number of hydrogen-bond acceptors (Lipinski definition) is 4. The number of halogens is 1. The van der Waals surface area contributed by atoms with Crippen LogP contribution in [-0.4, -0.2) is 42.3 Å². The minimum atomic E-state index is -0.717. The zero-order valence-electron chi connectivity index (χ0n) is 26.0. The summed E-state index contributed by atoms with van der Waals surface area (Å²) in [4.78, 5) is 30.4. The largest absolute Gasteiger partial charge is 0.297 e. The lowest BCUT2D eigenvalue weighted by atomic mass is 9.31. The molecule has 0 aromatic carbocycles. The summed E-state index contributed by atoms with van der Waals surface area (Å²) in [6.07, 6.45) is 10.4. The molecule has 6 aliphatic rings. The molecule has 5 heteroatoms. The fourth-order valence-corrected chi connectivity index (χ4v) is 11.9. The van der Waals surface area contributed by atoms with Gasteiger partial charge in [0.15, 0.2) is 11.6 Å². The molecule has 0 amide bonds. The Bertz CT molecular complexity index is 1280. The highest BCUT2D eigenvalue weighted by atomic mass is 19.1. The first-order chi connectivity index (χ1) is 18.4. The van der Waals surface area contributed by atoms with Crippen LogP contribution in [0, 0.1) is 61.1 Å². The summed E-state index contributed by atoms with van der Waals surface area (Å²) in [6, 6.07) is 2.21. The van der Waals surface area contributed by atoms with Gasteiger partial charge in [0.2, 0.25) is 0 Å². The molecule has 40 heavy (non-hydrogen) atoms. The molecule has 1 unspecified atom stereocenters. The first kappa shape index (κ1) is 28.3. The van der Waals surface area contributed by atoms with Crippen molar-refractivity contribution in [2.75, 3.05) is 19.6 Å². The van der Waals surface area contributed by atoms with Crippen molar-refractivity contribution in [3.63, 3.8) is 0 Å². The third-order valence-corrected chi connectivity index (χ3v) is 14.1. The number of allylic oxidation sites excluding steroid dienone is 4. The number of carbonyl (C=O) groups is 2. The number of hydrogen-bond donors (Lipinski definition) is 0. The van der Waals surface area contributed by atoms with E-state index in [2.05, 4.69) is 52.5 Å². The molecule has 0 N–H and O–H groups in total. The molecule has 0 aromatic rings. The monoisotopic (exact) mass is 548 g/mol. The van der Waals surface area contributed by atoms with Crippen molar-refractivity contribution in [3.8, 4) is 6.07 Å². The van der Waals surface area contributed by atoms with E-state index in [-0.39, 0.29) is 56.1 Å². The molecule has 0 aromatic heterocycles. The second kappa shape index (κ2) is 8.18. The van der Waals surface area contributed by atoms with Gasteiger partial charge in [-0.25, -0.2) is 4.39 Å². The molecule has 0 radical (unpaired) electrons. The molecule has 1 saturated heterocycles. The Morgan fingerprint density at radius 2 is 1.60 bits per heavy atom. The van der Waals surface area contributed by atoms with Gasteiger partial charge in [-0.3, -0.25) is 14.5 Å². The van der Waals surface area contributed by atoms with Crippen molar-refractivity contribution in [1.82, 2.24) is 4.90 Å². The van der Waals surface area contributed by atoms with Crippen LogP contribution in [0.1, 0.15) is 100 Å². The third-order valence-electron chi connectivity index (χ3n) is 14.1. The topological polar surface area (TPSA) is 61.2 Å². The number of nitriles is 1. The van der Waals surface area contributed by atoms with E-state index in [4.69, 9.17) is 0 Å². The number of rotatable bonds is 2. The molecule has 3 saturated carbocycles. The first-order valence-corrected chi connectivity index (χ1v) is 15.7. The zero-order valence-corrected chi connectivity index (χ0v) is 26.0. The van der Waals surface area contributed by atoms with Crippen molar-refractivity contribution in [1.29, 1.82) is 5.26 Å². The summed E-state index contributed by atoms with van der Waals surface area (Å²) < 4.78 is 13.9. The summed E-state index contributed by atoms with van der Waals surface area (Å²) in [5, 5.41) is 9.95. The van der Waals surface area contributed by atoms with E-state index >= 15 is 0 Å². The van der Waals surface area contributed by atoms with Crippen LogP contribution in [0.25, 0.3) is 0 Å². The first-order valence-electron chi connectivity index (χ1n) is 15.7. The smallest absolute Gasteiger partial charge is 0.178 e. The zero-order chi connectivity index (χ0) is 29.3. The summed E-state index contributed by atoms with van der Waals surface area (Å²) in [5.41, 5.74) is -0.198. The van der Waals surface area contributed by atoms with Crippen molar-refractivity contribution >= 4 is 11.6 Å².